The maximum atomic E-state index is 11.0. The van der Waals surface area contributed by atoms with Gasteiger partial charge >= 0.3 is 0 Å². The van der Waals surface area contributed by atoms with Crippen LogP contribution >= 0.6 is 11.6 Å². The minimum absolute atomic E-state index is 0.126. The molecule has 20 heavy (non-hydrogen) atoms. The zero-order valence-electron chi connectivity index (χ0n) is 10.7. The Morgan fingerprint density at radius 3 is 2.95 bits per heavy atom. The van der Waals surface area contributed by atoms with Gasteiger partial charge in [0.05, 0.1) is 17.2 Å². The quantitative estimate of drug-likeness (QED) is 0.690. The van der Waals surface area contributed by atoms with Crippen LogP contribution in [0.4, 0.5) is 5.82 Å². The predicted octanol–water partition coefficient (Wildman–Crippen LogP) is 2.73. The fourth-order valence-corrected chi connectivity index (χ4v) is 1.98. The maximum absolute atomic E-state index is 11.0. The second kappa shape index (κ2) is 6.13. The standard InChI is InChI=1S/C14H11ClN4O/c1-9-18-13(15)12(8-20)14(19-9)17-7-11-4-2-3-10(5-11)6-16/h2-5,8H,7H2,1H3,(H,17,18,19). The smallest absolute Gasteiger partial charge is 0.156 e. The largest absolute Gasteiger partial charge is 0.365 e. The van der Waals surface area contributed by atoms with Crippen LogP contribution in [0.15, 0.2) is 24.3 Å². The molecule has 0 radical (unpaired) electrons. The molecule has 0 spiro atoms. The molecule has 0 atom stereocenters. The van der Waals surface area contributed by atoms with Gasteiger partial charge in [-0.25, -0.2) is 9.97 Å². The van der Waals surface area contributed by atoms with Gasteiger partial charge in [0.1, 0.15) is 16.8 Å². The van der Waals surface area contributed by atoms with Crippen molar-refractivity contribution in [2.45, 2.75) is 13.5 Å². The Kier molecular flexibility index (Phi) is 4.28. The van der Waals surface area contributed by atoms with Crippen LogP contribution in [0.3, 0.4) is 0 Å². The molecule has 5 nitrogen and oxygen atoms in total. The molecular weight excluding hydrogens is 276 g/mol. The zero-order valence-corrected chi connectivity index (χ0v) is 11.5. The number of carbonyl (C=O) groups excluding carboxylic acids is 1. The van der Waals surface area contributed by atoms with Crippen molar-refractivity contribution in [2.75, 3.05) is 5.32 Å². The van der Waals surface area contributed by atoms with Crippen LogP contribution < -0.4 is 5.32 Å². The van der Waals surface area contributed by atoms with Crippen molar-refractivity contribution in [3.05, 3.63) is 51.9 Å². The number of halogens is 1. The van der Waals surface area contributed by atoms with Crippen LogP contribution in [0.2, 0.25) is 5.15 Å². The molecular formula is C14H11ClN4O. The number of aryl methyl sites for hydroxylation is 1. The first-order valence-corrected chi connectivity index (χ1v) is 6.24. The van der Waals surface area contributed by atoms with Crippen molar-refractivity contribution in [2.24, 2.45) is 0 Å². The Balaban J connectivity index is 2.22. The molecule has 0 aliphatic heterocycles. The van der Waals surface area contributed by atoms with Gasteiger partial charge in [0.2, 0.25) is 0 Å². The molecule has 0 saturated heterocycles. The highest BCUT2D eigenvalue weighted by molar-refractivity contribution is 6.32. The third kappa shape index (κ3) is 3.11. The van der Waals surface area contributed by atoms with Gasteiger partial charge in [-0.05, 0) is 24.6 Å². The van der Waals surface area contributed by atoms with E-state index in [2.05, 4.69) is 21.4 Å². The van der Waals surface area contributed by atoms with Gasteiger partial charge in [-0.15, -0.1) is 0 Å². The number of aldehydes is 1. The molecule has 1 N–H and O–H groups in total. The highest BCUT2D eigenvalue weighted by Crippen LogP contribution is 2.19. The van der Waals surface area contributed by atoms with Gasteiger partial charge in [-0.3, -0.25) is 4.79 Å². The van der Waals surface area contributed by atoms with Crippen LogP contribution in [0.1, 0.15) is 27.3 Å². The number of nitrogens with zero attached hydrogens (tertiary/aromatic N) is 3. The summed E-state index contributed by atoms with van der Waals surface area (Å²) in [5.41, 5.74) is 1.72. The number of carbonyl (C=O) groups is 1. The van der Waals surface area contributed by atoms with E-state index in [9.17, 15) is 4.79 Å². The Labute approximate surface area is 121 Å². The molecule has 100 valence electrons. The second-order valence-corrected chi connectivity index (χ2v) is 4.47. The van der Waals surface area contributed by atoms with E-state index in [1.165, 1.54) is 0 Å². The molecule has 0 saturated carbocycles. The molecule has 0 fully saturated rings. The summed E-state index contributed by atoms with van der Waals surface area (Å²) < 4.78 is 0. The summed E-state index contributed by atoms with van der Waals surface area (Å²) in [6.45, 7) is 2.13. The first kappa shape index (κ1) is 14.0. The highest BCUT2D eigenvalue weighted by atomic mass is 35.5. The number of hydrogen-bond acceptors (Lipinski definition) is 5. The summed E-state index contributed by atoms with van der Waals surface area (Å²) in [4.78, 5) is 19.1. The van der Waals surface area contributed by atoms with Crippen molar-refractivity contribution >= 4 is 23.7 Å². The number of aromatic nitrogens is 2. The van der Waals surface area contributed by atoms with Crippen molar-refractivity contribution in [1.82, 2.24) is 9.97 Å². The molecule has 6 heteroatoms. The number of rotatable bonds is 4. The van der Waals surface area contributed by atoms with E-state index < -0.39 is 0 Å². The van der Waals surface area contributed by atoms with Gasteiger partial charge in [0.25, 0.3) is 0 Å². The van der Waals surface area contributed by atoms with Crippen LogP contribution in [-0.4, -0.2) is 16.3 Å². The number of hydrogen-bond donors (Lipinski definition) is 1. The molecule has 0 amide bonds. The molecule has 1 aromatic heterocycles. The first-order chi connectivity index (χ1) is 9.63. The summed E-state index contributed by atoms with van der Waals surface area (Å²) >= 11 is 5.90. The maximum Gasteiger partial charge on any atom is 0.156 e. The molecule has 0 bridgehead atoms. The van der Waals surface area contributed by atoms with Crippen LogP contribution in [0, 0.1) is 18.3 Å². The molecule has 2 rings (SSSR count). The van der Waals surface area contributed by atoms with Crippen molar-refractivity contribution in [3.8, 4) is 6.07 Å². The first-order valence-electron chi connectivity index (χ1n) is 5.86. The van der Waals surface area contributed by atoms with Crippen LogP contribution in [0.25, 0.3) is 0 Å². The predicted molar refractivity (Wildman–Crippen MR) is 75.7 cm³/mol. The Morgan fingerprint density at radius 1 is 1.45 bits per heavy atom. The van der Waals surface area contributed by atoms with Crippen molar-refractivity contribution in [3.63, 3.8) is 0 Å². The summed E-state index contributed by atoms with van der Waals surface area (Å²) in [7, 11) is 0. The van der Waals surface area contributed by atoms with Gasteiger partial charge in [0, 0.05) is 6.54 Å². The molecule has 1 aromatic carbocycles. The topological polar surface area (TPSA) is 78.7 Å². The lowest BCUT2D eigenvalue weighted by Crippen LogP contribution is -2.07. The average molecular weight is 287 g/mol. The third-order valence-electron chi connectivity index (χ3n) is 2.64. The lowest BCUT2D eigenvalue weighted by Gasteiger charge is -2.09. The Bertz CT molecular complexity index is 694. The van der Waals surface area contributed by atoms with Gasteiger partial charge in [-0.1, -0.05) is 23.7 Å². The van der Waals surface area contributed by atoms with Gasteiger partial charge in [0.15, 0.2) is 6.29 Å². The van der Waals surface area contributed by atoms with E-state index in [1.54, 1.807) is 25.1 Å². The number of nitrogens with one attached hydrogen (secondary N) is 1. The van der Waals surface area contributed by atoms with Crippen molar-refractivity contribution < 1.29 is 4.79 Å². The summed E-state index contributed by atoms with van der Waals surface area (Å²) in [5.74, 6) is 0.869. The van der Waals surface area contributed by atoms with E-state index in [0.29, 0.717) is 30.0 Å². The minimum Gasteiger partial charge on any atom is -0.365 e. The SMILES string of the molecule is Cc1nc(Cl)c(C=O)c(NCc2cccc(C#N)c2)n1. The van der Waals surface area contributed by atoms with Gasteiger partial charge < -0.3 is 5.32 Å². The second-order valence-electron chi connectivity index (χ2n) is 4.11. The van der Waals surface area contributed by atoms with E-state index >= 15 is 0 Å². The van der Waals surface area contributed by atoms with Gasteiger partial charge in [-0.2, -0.15) is 5.26 Å². The molecule has 0 aliphatic rings. The Hall–Kier alpha value is -2.45. The fraction of sp³-hybridized carbons (Fsp3) is 0.143. The number of benzene rings is 1. The monoisotopic (exact) mass is 286 g/mol. The number of anilines is 1. The number of nitriles is 1. The molecule has 0 aliphatic carbocycles. The third-order valence-corrected chi connectivity index (χ3v) is 2.93. The molecule has 1 heterocycles. The summed E-state index contributed by atoms with van der Waals surface area (Å²) in [6.07, 6.45) is 0.621. The normalized spacial score (nSPS) is 9.85. The Morgan fingerprint density at radius 2 is 2.25 bits per heavy atom. The van der Waals surface area contributed by atoms with E-state index in [0.717, 1.165) is 5.56 Å². The minimum atomic E-state index is 0.126. The zero-order chi connectivity index (χ0) is 14.5. The van der Waals surface area contributed by atoms with Crippen LogP contribution in [-0.2, 0) is 6.54 Å². The van der Waals surface area contributed by atoms with Crippen LogP contribution in [0.5, 0.6) is 0 Å². The average Bonchev–Trinajstić information content (AvgIpc) is 2.45. The van der Waals surface area contributed by atoms with E-state index in [4.69, 9.17) is 16.9 Å². The summed E-state index contributed by atoms with van der Waals surface area (Å²) in [6, 6.07) is 9.25. The van der Waals surface area contributed by atoms with E-state index in [-0.39, 0.29) is 10.7 Å². The molecule has 2 aromatic rings. The van der Waals surface area contributed by atoms with Crippen molar-refractivity contribution in [1.29, 1.82) is 5.26 Å². The highest BCUT2D eigenvalue weighted by Gasteiger charge is 2.10. The lowest BCUT2D eigenvalue weighted by molar-refractivity contribution is 0.112. The fourth-order valence-electron chi connectivity index (χ4n) is 1.72. The summed E-state index contributed by atoms with van der Waals surface area (Å²) in [5, 5.41) is 12.0. The van der Waals surface area contributed by atoms with E-state index in [1.807, 2.05) is 6.07 Å². The molecule has 0 unspecified atom stereocenters. The lowest BCUT2D eigenvalue weighted by atomic mass is 10.1.